The summed E-state index contributed by atoms with van der Waals surface area (Å²) in [6.45, 7) is 0. The summed E-state index contributed by atoms with van der Waals surface area (Å²) >= 11 is 0. The molecule has 0 saturated carbocycles. The number of fused-ring (bicyclic) bond motifs is 6. The number of allylic oxidation sites excluding steroid dienone is 1. The van der Waals surface area contributed by atoms with Crippen molar-refractivity contribution in [2.45, 2.75) is 6.42 Å². The zero-order valence-corrected chi connectivity index (χ0v) is 13.1. The molecule has 1 heteroatoms. The van der Waals surface area contributed by atoms with Crippen LogP contribution in [0.4, 0.5) is 0 Å². The Morgan fingerprint density at radius 1 is 0.739 bits per heavy atom. The predicted molar refractivity (Wildman–Crippen MR) is 99.7 cm³/mol. The molecule has 0 amide bonds. The first kappa shape index (κ1) is 12.7. The molecular weight excluding hydrogens is 278 g/mol. The molecule has 5 rings (SSSR count). The molecule has 1 aliphatic rings. The van der Waals surface area contributed by atoms with Crippen LogP contribution >= 0.6 is 0 Å². The molecule has 0 fully saturated rings. The second kappa shape index (κ2) is 4.60. The Morgan fingerprint density at radius 2 is 1.52 bits per heavy atom. The standard InChI is InChI=1S/C22H17N/c1-23-18-11-17-7-9-19-20(22(17)13-18)8-6-16-10-14-4-2-3-5-15(14)12-21(16)19/h2-10,12-13,23H,11H2,1H3. The molecule has 0 heterocycles. The number of likely N-dealkylation sites (N-methyl/N-ethyl adjacent to an activating group) is 1. The lowest BCUT2D eigenvalue weighted by atomic mass is 9.94. The van der Waals surface area contributed by atoms with E-state index < -0.39 is 0 Å². The second-order valence-electron chi connectivity index (χ2n) is 6.32. The van der Waals surface area contributed by atoms with Gasteiger partial charge in [0.1, 0.15) is 0 Å². The molecule has 1 aliphatic carbocycles. The van der Waals surface area contributed by atoms with Crippen molar-refractivity contribution in [2.24, 2.45) is 0 Å². The molecule has 0 saturated heterocycles. The van der Waals surface area contributed by atoms with Gasteiger partial charge in [-0.15, -0.1) is 0 Å². The highest BCUT2D eigenvalue weighted by Gasteiger charge is 2.15. The molecule has 1 N–H and O–H groups in total. The molecule has 0 spiro atoms. The Morgan fingerprint density at radius 3 is 2.35 bits per heavy atom. The minimum Gasteiger partial charge on any atom is -0.391 e. The zero-order valence-electron chi connectivity index (χ0n) is 13.1. The van der Waals surface area contributed by atoms with E-state index in [0.717, 1.165) is 6.42 Å². The van der Waals surface area contributed by atoms with E-state index in [9.17, 15) is 0 Å². The Bertz CT molecular complexity index is 1120. The van der Waals surface area contributed by atoms with Crippen LogP contribution in [0.2, 0.25) is 0 Å². The predicted octanol–water partition coefficient (Wildman–Crippen LogP) is 5.26. The average Bonchev–Trinajstić information content (AvgIpc) is 3.03. The van der Waals surface area contributed by atoms with Crippen molar-refractivity contribution in [2.75, 3.05) is 7.05 Å². The second-order valence-corrected chi connectivity index (χ2v) is 6.32. The Kier molecular flexibility index (Phi) is 2.54. The summed E-state index contributed by atoms with van der Waals surface area (Å²) in [4.78, 5) is 0. The number of hydrogen-bond donors (Lipinski definition) is 1. The van der Waals surface area contributed by atoms with Crippen molar-refractivity contribution in [3.8, 4) is 0 Å². The number of nitrogens with one attached hydrogen (secondary N) is 1. The Hall–Kier alpha value is -2.80. The minimum absolute atomic E-state index is 1.01. The fraction of sp³-hybridized carbons (Fsp3) is 0.0909. The van der Waals surface area contributed by atoms with Crippen LogP contribution in [0.1, 0.15) is 11.1 Å². The maximum absolute atomic E-state index is 3.30. The van der Waals surface area contributed by atoms with Crippen LogP contribution in [0.3, 0.4) is 0 Å². The van der Waals surface area contributed by atoms with Gasteiger partial charge in [-0.2, -0.15) is 0 Å². The Balaban J connectivity index is 1.90. The summed E-state index contributed by atoms with van der Waals surface area (Å²) in [6.07, 6.45) is 3.31. The summed E-state index contributed by atoms with van der Waals surface area (Å²) in [5.41, 5.74) is 4.09. The minimum atomic E-state index is 1.01. The quantitative estimate of drug-likeness (QED) is 0.373. The van der Waals surface area contributed by atoms with E-state index in [1.54, 1.807) is 0 Å². The number of rotatable bonds is 1. The van der Waals surface area contributed by atoms with E-state index in [4.69, 9.17) is 0 Å². The fourth-order valence-electron chi connectivity index (χ4n) is 3.81. The molecule has 0 atom stereocenters. The first-order valence-electron chi connectivity index (χ1n) is 8.09. The molecule has 4 aromatic rings. The van der Waals surface area contributed by atoms with Crippen LogP contribution < -0.4 is 5.32 Å². The fourth-order valence-corrected chi connectivity index (χ4v) is 3.81. The van der Waals surface area contributed by atoms with Crippen LogP contribution in [0.25, 0.3) is 38.4 Å². The third kappa shape index (κ3) is 1.80. The van der Waals surface area contributed by atoms with Crippen LogP contribution in [0.15, 0.2) is 66.4 Å². The van der Waals surface area contributed by atoms with Gasteiger partial charge in [0, 0.05) is 19.2 Å². The maximum atomic E-state index is 3.30. The van der Waals surface area contributed by atoms with Gasteiger partial charge in [-0.3, -0.25) is 0 Å². The average molecular weight is 295 g/mol. The molecule has 4 aromatic carbocycles. The monoisotopic (exact) mass is 295 g/mol. The van der Waals surface area contributed by atoms with Crippen molar-refractivity contribution >= 4 is 38.4 Å². The van der Waals surface area contributed by atoms with Crippen molar-refractivity contribution in [3.05, 3.63) is 77.5 Å². The maximum Gasteiger partial charge on any atom is 0.0155 e. The molecule has 0 bridgehead atoms. The van der Waals surface area contributed by atoms with Crippen molar-refractivity contribution in [1.82, 2.24) is 5.32 Å². The van der Waals surface area contributed by atoms with Crippen molar-refractivity contribution < 1.29 is 0 Å². The number of benzene rings is 4. The lowest BCUT2D eigenvalue weighted by Gasteiger charge is -2.09. The summed E-state index contributed by atoms with van der Waals surface area (Å²) < 4.78 is 0. The molecule has 0 radical (unpaired) electrons. The summed E-state index contributed by atoms with van der Waals surface area (Å²) in [6, 6.07) is 22.3. The SMILES string of the molecule is CNC1=Cc2c(ccc3c2ccc2cc4ccccc4cc23)C1. The van der Waals surface area contributed by atoms with Gasteiger partial charge in [-0.25, -0.2) is 0 Å². The highest BCUT2D eigenvalue weighted by Crippen LogP contribution is 2.35. The molecule has 110 valence electrons. The largest absolute Gasteiger partial charge is 0.391 e. The molecule has 0 unspecified atom stereocenters. The summed E-state index contributed by atoms with van der Waals surface area (Å²) in [5.74, 6) is 0. The lowest BCUT2D eigenvalue weighted by molar-refractivity contribution is 0.949. The molecular formula is C22H17N. The van der Waals surface area contributed by atoms with E-state index in [1.807, 2.05) is 7.05 Å². The lowest BCUT2D eigenvalue weighted by Crippen LogP contribution is -2.04. The first-order valence-corrected chi connectivity index (χ1v) is 8.09. The van der Waals surface area contributed by atoms with Gasteiger partial charge >= 0.3 is 0 Å². The van der Waals surface area contributed by atoms with Crippen LogP contribution in [0.5, 0.6) is 0 Å². The van der Waals surface area contributed by atoms with E-state index in [1.165, 1.54) is 49.1 Å². The number of hydrogen-bond acceptors (Lipinski definition) is 1. The van der Waals surface area contributed by atoms with Gasteiger partial charge in [0.05, 0.1) is 0 Å². The van der Waals surface area contributed by atoms with Gasteiger partial charge in [0.25, 0.3) is 0 Å². The molecule has 1 nitrogen and oxygen atoms in total. The van der Waals surface area contributed by atoms with E-state index in [0.29, 0.717) is 0 Å². The summed E-state index contributed by atoms with van der Waals surface area (Å²) in [7, 11) is 2.00. The van der Waals surface area contributed by atoms with Crippen molar-refractivity contribution in [1.29, 1.82) is 0 Å². The van der Waals surface area contributed by atoms with Gasteiger partial charge in [0.2, 0.25) is 0 Å². The van der Waals surface area contributed by atoms with Gasteiger partial charge < -0.3 is 5.32 Å². The Labute approximate surface area is 135 Å². The first-order chi connectivity index (χ1) is 11.3. The highest BCUT2D eigenvalue weighted by molar-refractivity contribution is 6.14. The normalized spacial score (nSPS) is 13.5. The highest BCUT2D eigenvalue weighted by atomic mass is 14.8. The molecule has 0 aliphatic heterocycles. The zero-order chi connectivity index (χ0) is 15.4. The van der Waals surface area contributed by atoms with Gasteiger partial charge in [-0.05, 0) is 61.7 Å². The van der Waals surface area contributed by atoms with Crippen LogP contribution in [-0.4, -0.2) is 7.05 Å². The van der Waals surface area contributed by atoms with Crippen molar-refractivity contribution in [3.63, 3.8) is 0 Å². The third-order valence-electron chi connectivity index (χ3n) is 5.04. The van der Waals surface area contributed by atoms with E-state index >= 15 is 0 Å². The van der Waals surface area contributed by atoms with E-state index in [-0.39, 0.29) is 0 Å². The van der Waals surface area contributed by atoms with Gasteiger partial charge in [0.15, 0.2) is 0 Å². The molecule has 23 heavy (non-hydrogen) atoms. The van der Waals surface area contributed by atoms with E-state index in [2.05, 4.69) is 72.1 Å². The van der Waals surface area contributed by atoms with Crippen LogP contribution in [-0.2, 0) is 6.42 Å². The smallest absolute Gasteiger partial charge is 0.0155 e. The summed E-state index contributed by atoms with van der Waals surface area (Å²) in [5, 5.41) is 11.3. The van der Waals surface area contributed by atoms with Gasteiger partial charge in [-0.1, -0.05) is 48.5 Å². The molecule has 0 aromatic heterocycles. The topological polar surface area (TPSA) is 12.0 Å². The van der Waals surface area contributed by atoms with Crippen LogP contribution in [0, 0.1) is 0 Å². The third-order valence-corrected chi connectivity index (χ3v) is 5.04.